The molecule has 5 nitrogen and oxygen atoms in total. The number of cyclic esters (lactones) is 1. The van der Waals surface area contributed by atoms with Gasteiger partial charge in [0.2, 0.25) is 0 Å². The van der Waals surface area contributed by atoms with Crippen molar-refractivity contribution >= 4 is 27.9 Å². The molecule has 2 rings (SSSR count). The van der Waals surface area contributed by atoms with Crippen molar-refractivity contribution in [1.82, 2.24) is 0 Å². The van der Waals surface area contributed by atoms with Gasteiger partial charge in [-0.25, -0.2) is 9.18 Å². The Morgan fingerprint density at radius 1 is 1.44 bits per heavy atom. The smallest absolute Gasteiger partial charge is 0.340 e. The van der Waals surface area contributed by atoms with Gasteiger partial charge in [-0.3, -0.25) is 4.79 Å². The Balaban J connectivity index is 2.38. The molecule has 0 unspecified atom stereocenters. The monoisotopic (exact) mass is 414 g/mol. The van der Waals surface area contributed by atoms with Crippen LogP contribution in [0.2, 0.25) is 0 Å². The predicted molar refractivity (Wildman–Crippen MR) is 92.3 cm³/mol. The molecular formula is C18H20BrFO5. The number of aliphatic hydroxyl groups is 1. The van der Waals surface area contributed by atoms with Crippen molar-refractivity contribution in [3.8, 4) is 0 Å². The van der Waals surface area contributed by atoms with Gasteiger partial charge in [-0.05, 0) is 44.9 Å². The van der Waals surface area contributed by atoms with Crippen LogP contribution in [0.4, 0.5) is 4.39 Å². The van der Waals surface area contributed by atoms with Gasteiger partial charge in [0.15, 0.2) is 5.60 Å². The fraction of sp³-hybridized carbons (Fsp3) is 0.444. The number of rotatable bonds is 6. The Morgan fingerprint density at radius 2 is 2.08 bits per heavy atom. The molecule has 1 aromatic rings. The quantitative estimate of drug-likeness (QED) is 0.572. The first kappa shape index (κ1) is 19.6. The summed E-state index contributed by atoms with van der Waals surface area (Å²) in [6.45, 7) is 4.81. The fourth-order valence-electron chi connectivity index (χ4n) is 2.64. The topological polar surface area (TPSA) is 72.8 Å². The molecule has 136 valence electrons. The summed E-state index contributed by atoms with van der Waals surface area (Å²) >= 11 is 3.26. The first-order chi connectivity index (χ1) is 11.7. The van der Waals surface area contributed by atoms with E-state index in [9.17, 15) is 19.1 Å². The summed E-state index contributed by atoms with van der Waals surface area (Å²) in [7, 11) is 0. The van der Waals surface area contributed by atoms with Gasteiger partial charge >= 0.3 is 11.9 Å². The zero-order chi connectivity index (χ0) is 18.8. The SMILES string of the molecule is CC1=C[C@@H]([C@@](O)(C(=O)OC(C)C)[C@H](Br)Cc2ccccc2F)C(=O)O1. The average molecular weight is 415 g/mol. The summed E-state index contributed by atoms with van der Waals surface area (Å²) in [5.41, 5.74) is -1.94. The van der Waals surface area contributed by atoms with Crippen LogP contribution >= 0.6 is 15.9 Å². The van der Waals surface area contributed by atoms with Gasteiger partial charge in [0.05, 0.1) is 10.9 Å². The Bertz CT molecular complexity index is 702. The van der Waals surface area contributed by atoms with Crippen LogP contribution in [-0.4, -0.2) is 33.6 Å². The van der Waals surface area contributed by atoms with E-state index in [0.717, 1.165) is 0 Å². The number of hydrogen-bond acceptors (Lipinski definition) is 5. The number of esters is 2. The third-order valence-corrected chi connectivity index (χ3v) is 4.92. The van der Waals surface area contributed by atoms with E-state index in [4.69, 9.17) is 9.47 Å². The molecule has 0 amide bonds. The van der Waals surface area contributed by atoms with Gasteiger partial charge in [-0.2, -0.15) is 0 Å². The van der Waals surface area contributed by atoms with Crippen molar-refractivity contribution in [2.24, 2.45) is 5.92 Å². The van der Waals surface area contributed by atoms with E-state index in [1.807, 2.05) is 0 Å². The molecule has 0 saturated carbocycles. The molecule has 0 aliphatic carbocycles. The molecule has 0 bridgehead atoms. The van der Waals surface area contributed by atoms with Gasteiger partial charge in [0.25, 0.3) is 0 Å². The van der Waals surface area contributed by atoms with Gasteiger partial charge in [-0.1, -0.05) is 34.1 Å². The fourth-order valence-corrected chi connectivity index (χ4v) is 3.46. The number of ether oxygens (including phenoxy) is 2. The molecule has 1 N–H and O–H groups in total. The molecule has 1 heterocycles. The van der Waals surface area contributed by atoms with Crippen LogP contribution in [0.5, 0.6) is 0 Å². The first-order valence-corrected chi connectivity index (χ1v) is 8.78. The highest BCUT2D eigenvalue weighted by Gasteiger charge is 2.55. The molecule has 1 aromatic carbocycles. The number of alkyl halides is 1. The highest BCUT2D eigenvalue weighted by atomic mass is 79.9. The van der Waals surface area contributed by atoms with E-state index < -0.39 is 40.2 Å². The van der Waals surface area contributed by atoms with Crippen LogP contribution in [0.15, 0.2) is 36.1 Å². The highest BCUT2D eigenvalue weighted by Crippen LogP contribution is 2.37. The van der Waals surface area contributed by atoms with E-state index >= 15 is 0 Å². The molecule has 0 saturated heterocycles. The molecule has 0 radical (unpaired) electrons. The van der Waals surface area contributed by atoms with Gasteiger partial charge in [0.1, 0.15) is 17.5 Å². The standard InChI is InChI=1S/C18H20BrFO5/c1-10(2)24-17(22)18(23,13-8-11(3)25-16(13)21)15(19)9-12-6-4-5-7-14(12)20/h4-8,10,13,15,23H,9H2,1-3H3/t13-,15-,18+/m1/s1. The van der Waals surface area contributed by atoms with Crippen LogP contribution in [0.1, 0.15) is 26.3 Å². The number of carbonyl (C=O) groups is 2. The molecular weight excluding hydrogens is 395 g/mol. The molecule has 25 heavy (non-hydrogen) atoms. The molecule has 1 aliphatic heterocycles. The maximum atomic E-state index is 13.9. The van der Waals surface area contributed by atoms with Crippen molar-refractivity contribution < 1.29 is 28.6 Å². The minimum atomic E-state index is -2.23. The molecule has 7 heteroatoms. The van der Waals surface area contributed by atoms with Crippen molar-refractivity contribution in [2.45, 2.75) is 43.7 Å². The lowest BCUT2D eigenvalue weighted by Crippen LogP contribution is -2.56. The van der Waals surface area contributed by atoms with Gasteiger partial charge in [0, 0.05) is 0 Å². The highest BCUT2D eigenvalue weighted by molar-refractivity contribution is 9.09. The van der Waals surface area contributed by atoms with Gasteiger partial charge < -0.3 is 14.6 Å². The van der Waals surface area contributed by atoms with Crippen LogP contribution in [0.25, 0.3) is 0 Å². The van der Waals surface area contributed by atoms with E-state index in [2.05, 4.69) is 15.9 Å². The normalized spacial score (nSPS) is 20.7. The summed E-state index contributed by atoms with van der Waals surface area (Å²) in [5, 5.41) is 11.1. The van der Waals surface area contributed by atoms with Crippen LogP contribution < -0.4 is 0 Å². The molecule has 0 aromatic heterocycles. The maximum absolute atomic E-state index is 13.9. The van der Waals surface area contributed by atoms with E-state index in [1.54, 1.807) is 39.0 Å². The van der Waals surface area contributed by atoms with E-state index in [0.29, 0.717) is 5.56 Å². The third-order valence-electron chi connectivity index (χ3n) is 3.90. The number of halogens is 2. The summed E-state index contributed by atoms with van der Waals surface area (Å²) in [6.07, 6.45) is 0.863. The second-order valence-corrected chi connectivity index (χ2v) is 7.32. The van der Waals surface area contributed by atoms with E-state index in [-0.39, 0.29) is 12.2 Å². The third kappa shape index (κ3) is 4.10. The summed E-state index contributed by atoms with van der Waals surface area (Å²) in [5.74, 6) is -3.13. The lowest BCUT2D eigenvalue weighted by Gasteiger charge is -2.34. The molecule has 0 spiro atoms. The number of carbonyl (C=O) groups excluding carboxylic acids is 2. The second-order valence-electron chi connectivity index (χ2n) is 6.22. The van der Waals surface area contributed by atoms with Crippen LogP contribution in [-0.2, 0) is 25.5 Å². The van der Waals surface area contributed by atoms with Crippen molar-refractivity contribution in [3.05, 3.63) is 47.5 Å². The number of allylic oxidation sites excluding steroid dienone is 1. The minimum absolute atomic E-state index is 0.0208. The molecule has 1 aliphatic rings. The first-order valence-electron chi connectivity index (χ1n) is 7.87. The lowest BCUT2D eigenvalue weighted by molar-refractivity contribution is -0.178. The Hall–Kier alpha value is -1.73. The number of hydrogen-bond donors (Lipinski definition) is 1. The van der Waals surface area contributed by atoms with Crippen molar-refractivity contribution in [1.29, 1.82) is 0 Å². The Morgan fingerprint density at radius 3 is 2.60 bits per heavy atom. The lowest BCUT2D eigenvalue weighted by atomic mass is 9.82. The zero-order valence-electron chi connectivity index (χ0n) is 14.2. The predicted octanol–water partition coefficient (Wildman–Crippen LogP) is 2.89. The maximum Gasteiger partial charge on any atom is 0.340 e. The number of benzene rings is 1. The zero-order valence-corrected chi connectivity index (χ0v) is 15.7. The Kier molecular flexibility index (Phi) is 6.00. The second kappa shape index (κ2) is 7.66. The Labute approximate surface area is 153 Å². The summed E-state index contributed by atoms with van der Waals surface area (Å²) in [4.78, 5) is 23.7. The molecule has 3 atom stereocenters. The van der Waals surface area contributed by atoms with Crippen LogP contribution in [0.3, 0.4) is 0 Å². The van der Waals surface area contributed by atoms with Crippen molar-refractivity contribution in [3.63, 3.8) is 0 Å². The average Bonchev–Trinajstić information content (AvgIpc) is 2.86. The van der Waals surface area contributed by atoms with Gasteiger partial charge in [-0.15, -0.1) is 0 Å². The minimum Gasteiger partial charge on any atom is -0.461 e. The largest absolute Gasteiger partial charge is 0.461 e. The van der Waals surface area contributed by atoms with Crippen molar-refractivity contribution in [2.75, 3.05) is 0 Å². The summed E-state index contributed by atoms with van der Waals surface area (Å²) < 4.78 is 24.1. The summed E-state index contributed by atoms with van der Waals surface area (Å²) in [6, 6.07) is 6.03. The van der Waals surface area contributed by atoms with E-state index in [1.165, 1.54) is 12.1 Å². The molecule has 0 fully saturated rings. The van der Waals surface area contributed by atoms with Crippen LogP contribution in [0, 0.1) is 11.7 Å².